The number of hydrogen-bond acceptors (Lipinski definition) is 6. The van der Waals surface area contributed by atoms with E-state index in [-0.39, 0.29) is 0 Å². The molecule has 0 bridgehead atoms. The predicted octanol–water partition coefficient (Wildman–Crippen LogP) is 2.04. The maximum Gasteiger partial charge on any atom is 0.147 e. The maximum absolute atomic E-state index is 5.50. The molecule has 0 aliphatic rings. The lowest BCUT2D eigenvalue weighted by molar-refractivity contribution is 0.812. The van der Waals surface area contributed by atoms with Crippen molar-refractivity contribution in [1.29, 1.82) is 0 Å². The summed E-state index contributed by atoms with van der Waals surface area (Å²) in [5, 5.41) is 10.4. The van der Waals surface area contributed by atoms with Crippen molar-refractivity contribution in [2.75, 3.05) is 6.54 Å². The van der Waals surface area contributed by atoms with Crippen LogP contribution in [0.25, 0.3) is 21.6 Å². The van der Waals surface area contributed by atoms with E-state index in [1.165, 1.54) is 0 Å². The average molecular weight is 271 g/mol. The monoisotopic (exact) mass is 271 g/mol. The molecule has 0 spiro atoms. The number of benzene rings is 1. The maximum atomic E-state index is 5.50. The fourth-order valence-corrected chi connectivity index (χ4v) is 2.70. The van der Waals surface area contributed by atoms with Crippen LogP contribution in [0, 0.1) is 0 Å². The van der Waals surface area contributed by atoms with Gasteiger partial charge in [0.15, 0.2) is 0 Å². The molecule has 0 saturated carbocycles. The third kappa shape index (κ3) is 2.59. The van der Waals surface area contributed by atoms with Crippen LogP contribution in [-0.4, -0.2) is 26.7 Å². The van der Waals surface area contributed by atoms with Crippen molar-refractivity contribution in [3.63, 3.8) is 0 Å². The minimum absolute atomic E-state index is 0.681. The van der Waals surface area contributed by atoms with E-state index in [9.17, 15) is 0 Å². The molecule has 0 fully saturated rings. The number of aryl methyl sites for hydroxylation is 1. The minimum Gasteiger partial charge on any atom is -0.330 e. The molecule has 3 aromatic rings. The second-order valence-electron chi connectivity index (χ2n) is 4.15. The molecular weight excluding hydrogens is 258 g/mol. The Morgan fingerprint density at radius 3 is 2.74 bits per heavy atom. The van der Waals surface area contributed by atoms with Crippen molar-refractivity contribution < 1.29 is 0 Å². The standard InChI is InChI=1S/C13H13N5S/c14-5-1-2-12-17-18-13(19-12)9-3-4-10-11(8-9)16-7-6-15-10/h3-4,6-8H,1-2,5,14H2. The van der Waals surface area contributed by atoms with Gasteiger partial charge in [-0.25, -0.2) is 0 Å². The average Bonchev–Trinajstić information content (AvgIpc) is 2.93. The SMILES string of the molecule is NCCCc1nnc(-c2ccc3nccnc3c2)s1. The molecule has 2 heterocycles. The Morgan fingerprint density at radius 1 is 1.05 bits per heavy atom. The lowest BCUT2D eigenvalue weighted by atomic mass is 10.2. The van der Waals surface area contributed by atoms with E-state index in [2.05, 4.69) is 20.2 Å². The molecule has 2 N–H and O–H groups in total. The molecule has 0 atom stereocenters. The first kappa shape index (κ1) is 12.1. The summed E-state index contributed by atoms with van der Waals surface area (Å²) in [6.07, 6.45) is 5.22. The van der Waals surface area contributed by atoms with Crippen LogP contribution in [0.5, 0.6) is 0 Å². The first-order valence-corrected chi connectivity index (χ1v) is 6.92. The fraction of sp³-hybridized carbons (Fsp3) is 0.231. The van der Waals surface area contributed by atoms with E-state index in [0.717, 1.165) is 39.5 Å². The number of hydrogen-bond donors (Lipinski definition) is 1. The predicted molar refractivity (Wildman–Crippen MR) is 75.8 cm³/mol. The van der Waals surface area contributed by atoms with Gasteiger partial charge in [0.1, 0.15) is 10.0 Å². The minimum atomic E-state index is 0.681. The highest BCUT2D eigenvalue weighted by Crippen LogP contribution is 2.26. The molecule has 2 aromatic heterocycles. The van der Waals surface area contributed by atoms with E-state index in [1.807, 2.05) is 18.2 Å². The van der Waals surface area contributed by atoms with Crippen molar-refractivity contribution in [3.8, 4) is 10.6 Å². The van der Waals surface area contributed by atoms with E-state index >= 15 is 0 Å². The Bertz CT molecular complexity index is 694. The van der Waals surface area contributed by atoms with Crippen LogP contribution in [0.1, 0.15) is 11.4 Å². The topological polar surface area (TPSA) is 77.6 Å². The smallest absolute Gasteiger partial charge is 0.147 e. The zero-order valence-electron chi connectivity index (χ0n) is 10.3. The van der Waals surface area contributed by atoms with E-state index in [1.54, 1.807) is 23.7 Å². The van der Waals surface area contributed by atoms with Gasteiger partial charge in [-0.2, -0.15) is 0 Å². The van der Waals surface area contributed by atoms with Crippen LogP contribution < -0.4 is 5.73 Å². The molecule has 0 aliphatic carbocycles. The molecule has 1 aromatic carbocycles. The summed E-state index contributed by atoms with van der Waals surface area (Å²) in [6, 6.07) is 5.96. The number of nitrogens with two attached hydrogens (primary N) is 1. The summed E-state index contributed by atoms with van der Waals surface area (Å²) in [4.78, 5) is 8.55. The first-order valence-electron chi connectivity index (χ1n) is 6.10. The molecule has 0 radical (unpaired) electrons. The van der Waals surface area contributed by atoms with Crippen LogP contribution in [0.15, 0.2) is 30.6 Å². The Hall–Kier alpha value is -1.92. The number of nitrogens with zero attached hydrogens (tertiary/aromatic N) is 4. The van der Waals surface area contributed by atoms with Crippen LogP contribution >= 0.6 is 11.3 Å². The molecule has 0 unspecified atom stereocenters. The van der Waals surface area contributed by atoms with Crippen LogP contribution in [0.4, 0.5) is 0 Å². The van der Waals surface area contributed by atoms with Gasteiger partial charge in [-0.05, 0) is 31.2 Å². The summed E-state index contributed by atoms with van der Waals surface area (Å²) in [5.74, 6) is 0. The Labute approximate surface area is 114 Å². The molecule has 3 rings (SSSR count). The summed E-state index contributed by atoms with van der Waals surface area (Å²) < 4.78 is 0. The Morgan fingerprint density at radius 2 is 1.89 bits per heavy atom. The molecule has 5 nitrogen and oxygen atoms in total. The molecule has 96 valence electrons. The summed E-state index contributed by atoms with van der Waals surface area (Å²) in [5.41, 5.74) is 8.29. The van der Waals surface area contributed by atoms with Crippen molar-refractivity contribution in [1.82, 2.24) is 20.2 Å². The molecule has 0 saturated heterocycles. The number of rotatable bonds is 4. The Kier molecular flexibility index (Phi) is 3.43. The lowest BCUT2D eigenvalue weighted by Crippen LogP contribution is -1.99. The third-order valence-corrected chi connectivity index (χ3v) is 3.81. The summed E-state index contributed by atoms with van der Waals surface area (Å²) >= 11 is 1.61. The highest BCUT2D eigenvalue weighted by Gasteiger charge is 2.07. The van der Waals surface area contributed by atoms with E-state index in [0.29, 0.717) is 6.54 Å². The van der Waals surface area contributed by atoms with Gasteiger partial charge in [0.05, 0.1) is 11.0 Å². The Balaban J connectivity index is 1.92. The van der Waals surface area contributed by atoms with Crippen molar-refractivity contribution in [2.45, 2.75) is 12.8 Å². The van der Waals surface area contributed by atoms with E-state index < -0.39 is 0 Å². The van der Waals surface area contributed by atoms with Gasteiger partial charge in [0.2, 0.25) is 0 Å². The highest BCUT2D eigenvalue weighted by atomic mass is 32.1. The fourth-order valence-electron chi connectivity index (χ4n) is 1.82. The van der Waals surface area contributed by atoms with Crippen LogP contribution in [-0.2, 0) is 6.42 Å². The second-order valence-corrected chi connectivity index (χ2v) is 5.22. The van der Waals surface area contributed by atoms with Crippen molar-refractivity contribution in [2.24, 2.45) is 5.73 Å². The van der Waals surface area contributed by atoms with Crippen LogP contribution in [0.3, 0.4) is 0 Å². The van der Waals surface area contributed by atoms with Gasteiger partial charge in [0, 0.05) is 24.4 Å². The summed E-state index contributed by atoms with van der Waals surface area (Å²) in [7, 11) is 0. The molecule has 19 heavy (non-hydrogen) atoms. The van der Waals surface area contributed by atoms with Gasteiger partial charge in [-0.3, -0.25) is 9.97 Å². The van der Waals surface area contributed by atoms with Gasteiger partial charge < -0.3 is 5.73 Å². The largest absolute Gasteiger partial charge is 0.330 e. The van der Waals surface area contributed by atoms with Crippen molar-refractivity contribution in [3.05, 3.63) is 35.6 Å². The van der Waals surface area contributed by atoms with Gasteiger partial charge in [0.25, 0.3) is 0 Å². The number of aromatic nitrogens is 4. The number of fused-ring (bicyclic) bond motifs is 1. The van der Waals surface area contributed by atoms with E-state index in [4.69, 9.17) is 5.73 Å². The van der Waals surface area contributed by atoms with Gasteiger partial charge >= 0.3 is 0 Å². The zero-order valence-corrected chi connectivity index (χ0v) is 11.1. The molecule has 0 aliphatic heterocycles. The molecular formula is C13H13N5S. The molecule has 0 amide bonds. The van der Waals surface area contributed by atoms with Gasteiger partial charge in [-0.1, -0.05) is 11.3 Å². The molecule has 6 heteroatoms. The quantitative estimate of drug-likeness (QED) is 0.785. The second kappa shape index (κ2) is 5.38. The van der Waals surface area contributed by atoms with Gasteiger partial charge in [-0.15, -0.1) is 10.2 Å². The normalized spacial score (nSPS) is 11.0. The summed E-state index contributed by atoms with van der Waals surface area (Å²) in [6.45, 7) is 0.681. The lowest BCUT2D eigenvalue weighted by Gasteiger charge is -1.98. The first-order chi connectivity index (χ1) is 9.36. The highest BCUT2D eigenvalue weighted by molar-refractivity contribution is 7.14. The zero-order chi connectivity index (χ0) is 13.1. The van der Waals surface area contributed by atoms with Crippen molar-refractivity contribution >= 4 is 22.4 Å². The van der Waals surface area contributed by atoms with Crippen LogP contribution in [0.2, 0.25) is 0 Å². The third-order valence-electron chi connectivity index (χ3n) is 2.78.